The van der Waals surface area contributed by atoms with Gasteiger partial charge in [-0.15, -0.1) is 24.8 Å². The maximum atomic E-state index is 11.1. The van der Waals surface area contributed by atoms with E-state index in [4.69, 9.17) is 5.11 Å². The molecular formula is C11H16Cl2N2O3. The molecule has 0 unspecified atom stereocenters. The summed E-state index contributed by atoms with van der Waals surface area (Å²) < 4.78 is 0. The van der Waals surface area contributed by atoms with E-state index in [0.717, 1.165) is 5.69 Å². The summed E-state index contributed by atoms with van der Waals surface area (Å²) in [5.41, 5.74) is 0.904. The monoisotopic (exact) mass is 294 g/mol. The standard InChI is InChI=1S/C11H14N2O3.2ClH/c14-10(4-5-11(15)16)13-8-6-9-3-1-2-7-12-9;;/h1-3,7H,4-6,8H2,(H,13,14)(H,15,16);2*1H. The van der Waals surface area contributed by atoms with Crippen LogP contribution in [-0.4, -0.2) is 28.5 Å². The molecule has 0 aromatic carbocycles. The molecule has 1 rings (SSSR count). The molecule has 7 heteroatoms. The molecule has 0 spiro atoms. The fourth-order valence-electron chi connectivity index (χ4n) is 1.18. The first-order valence-corrected chi connectivity index (χ1v) is 5.07. The number of aliphatic carboxylic acids is 1. The van der Waals surface area contributed by atoms with Crippen molar-refractivity contribution < 1.29 is 14.7 Å². The van der Waals surface area contributed by atoms with E-state index >= 15 is 0 Å². The molecule has 0 bridgehead atoms. The topological polar surface area (TPSA) is 79.3 Å². The summed E-state index contributed by atoms with van der Waals surface area (Å²) in [5, 5.41) is 11.0. The Hall–Kier alpha value is -1.33. The Labute approximate surface area is 118 Å². The Morgan fingerprint density at radius 3 is 2.50 bits per heavy atom. The lowest BCUT2D eigenvalue weighted by Gasteiger charge is -2.03. The number of nitrogens with zero attached hydrogens (tertiary/aromatic N) is 1. The number of aromatic nitrogens is 1. The third-order valence-corrected chi connectivity index (χ3v) is 2.00. The molecule has 0 aliphatic heterocycles. The van der Waals surface area contributed by atoms with Crippen molar-refractivity contribution >= 4 is 36.7 Å². The van der Waals surface area contributed by atoms with Gasteiger partial charge in [-0.05, 0) is 12.1 Å². The third-order valence-electron chi connectivity index (χ3n) is 2.00. The highest BCUT2D eigenvalue weighted by Gasteiger charge is 2.04. The number of hydrogen-bond acceptors (Lipinski definition) is 3. The van der Waals surface area contributed by atoms with Gasteiger partial charge in [-0.1, -0.05) is 6.07 Å². The molecule has 1 amide bonds. The maximum Gasteiger partial charge on any atom is 0.303 e. The number of carbonyl (C=O) groups is 2. The molecule has 2 N–H and O–H groups in total. The molecule has 1 heterocycles. The summed E-state index contributed by atoms with van der Waals surface area (Å²) in [7, 11) is 0. The Morgan fingerprint density at radius 2 is 1.94 bits per heavy atom. The Kier molecular flexibility index (Phi) is 11.4. The number of carboxylic acid groups (broad SMARTS) is 1. The number of carboxylic acids is 1. The first-order valence-electron chi connectivity index (χ1n) is 5.07. The van der Waals surface area contributed by atoms with Crippen LogP contribution in [-0.2, 0) is 16.0 Å². The highest BCUT2D eigenvalue weighted by atomic mass is 35.5. The third kappa shape index (κ3) is 8.78. The van der Waals surface area contributed by atoms with Crippen molar-refractivity contribution in [3.8, 4) is 0 Å². The lowest BCUT2D eigenvalue weighted by atomic mass is 10.2. The van der Waals surface area contributed by atoms with Crippen LogP contribution in [0, 0.1) is 0 Å². The van der Waals surface area contributed by atoms with Crippen molar-refractivity contribution in [1.29, 1.82) is 0 Å². The number of rotatable bonds is 6. The highest BCUT2D eigenvalue weighted by Crippen LogP contribution is 1.94. The summed E-state index contributed by atoms with van der Waals surface area (Å²) in [6.45, 7) is 0.482. The van der Waals surface area contributed by atoms with Crippen LogP contribution in [0.5, 0.6) is 0 Å². The van der Waals surface area contributed by atoms with Crippen LogP contribution in [0.4, 0.5) is 0 Å². The molecule has 0 aliphatic carbocycles. The smallest absolute Gasteiger partial charge is 0.303 e. The quantitative estimate of drug-likeness (QED) is 0.832. The number of carbonyl (C=O) groups excluding carboxylic acids is 1. The second kappa shape index (κ2) is 10.8. The van der Waals surface area contributed by atoms with Gasteiger partial charge >= 0.3 is 5.97 Å². The Bertz CT molecular complexity index is 361. The normalized spacial score (nSPS) is 8.67. The second-order valence-electron chi connectivity index (χ2n) is 3.31. The van der Waals surface area contributed by atoms with Crippen molar-refractivity contribution in [2.75, 3.05) is 6.54 Å². The van der Waals surface area contributed by atoms with Gasteiger partial charge in [0.1, 0.15) is 0 Å². The Balaban J connectivity index is 0. The van der Waals surface area contributed by atoms with Crippen LogP contribution in [0.15, 0.2) is 24.4 Å². The van der Waals surface area contributed by atoms with Gasteiger partial charge in [0.15, 0.2) is 0 Å². The number of hydrogen-bond donors (Lipinski definition) is 2. The zero-order chi connectivity index (χ0) is 11.8. The van der Waals surface area contributed by atoms with Gasteiger partial charge in [-0.25, -0.2) is 0 Å². The van der Waals surface area contributed by atoms with Crippen LogP contribution in [0.25, 0.3) is 0 Å². The largest absolute Gasteiger partial charge is 0.481 e. The van der Waals surface area contributed by atoms with E-state index in [-0.39, 0.29) is 43.6 Å². The zero-order valence-corrected chi connectivity index (χ0v) is 11.3. The van der Waals surface area contributed by atoms with Gasteiger partial charge in [0.2, 0.25) is 5.91 Å². The van der Waals surface area contributed by atoms with Crippen molar-refractivity contribution in [1.82, 2.24) is 10.3 Å². The van der Waals surface area contributed by atoms with Crippen LogP contribution < -0.4 is 5.32 Å². The van der Waals surface area contributed by atoms with Gasteiger partial charge < -0.3 is 10.4 Å². The van der Waals surface area contributed by atoms with E-state index in [9.17, 15) is 9.59 Å². The molecule has 18 heavy (non-hydrogen) atoms. The van der Waals surface area contributed by atoms with E-state index < -0.39 is 5.97 Å². The molecule has 0 fully saturated rings. The highest BCUT2D eigenvalue weighted by molar-refractivity contribution is 5.85. The van der Waals surface area contributed by atoms with Crippen molar-refractivity contribution in [3.63, 3.8) is 0 Å². The molecule has 0 atom stereocenters. The fourth-order valence-corrected chi connectivity index (χ4v) is 1.18. The van der Waals surface area contributed by atoms with E-state index in [1.165, 1.54) is 0 Å². The van der Waals surface area contributed by atoms with E-state index in [0.29, 0.717) is 13.0 Å². The van der Waals surface area contributed by atoms with Gasteiger partial charge in [-0.2, -0.15) is 0 Å². The molecular weight excluding hydrogens is 279 g/mol. The summed E-state index contributed by atoms with van der Waals surface area (Å²) >= 11 is 0. The average Bonchev–Trinajstić information content (AvgIpc) is 2.28. The minimum absolute atomic E-state index is 0. The SMILES string of the molecule is Cl.Cl.O=C(O)CCC(=O)NCCc1ccccn1. The Morgan fingerprint density at radius 1 is 1.22 bits per heavy atom. The molecule has 0 saturated carbocycles. The van der Waals surface area contributed by atoms with Crippen LogP contribution in [0.2, 0.25) is 0 Å². The number of nitrogens with one attached hydrogen (secondary N) is 1. The van der Waals surface area contributed by atoms with Crippen molar-refractivity contribution in [2.45, 2.75) is 19.3 Å². The summed E-state index contributed by atoms with van der Waals surface area (Å²) in [6, 6.07) is 5.59. The lowest BCUT2D eigenvalue weighted by Crippen LogP contribution is -2.26. The molecule has 0 aliphatic rings. The van der Waals surface area contributed by atoms with Crippen LogP contribution >= 0.6 is 24.8 Å². The van der Waals surface area contributed by atoms with Crippen molar-refractivity contribution in [3.05, 3.63) is 30.1 Å². The second-order valence-corrected chi connectivity index (χ2v) is 3.31. The number of halogens is 2. The fraction of sp³-hybridized carbons (Fsp3) is 0.364. The van der Waals surface area contributed by atoms with E-state index in [1.807, 2.05) is 18.2 Å². The predicted octanol–water partition coefficient (Wildman–Crippen LogP) is 1.45. The lowest BCUT2D eigenvalue weighted by molar-refractivity contribution is -0.138. The summed E-state index contributed by atoms with van der Waals surface area (Å²) in [5.74, 6) is -1.20. The first kappa shape index (κ1) is 19.0. The van der Waals surface area contributed by atoms with E-state index in [2.05, 4.69) is 10.3 Å². The van der Waals surface area contributed by atoms with Gasteiger partial charge in [0.05, 0.1) is 6.42 Å². The van der Waals surface area contributed by atoms with Crippen LogP contribution in [0.3, 0.4) is 0 Å². The summed E-state index contributed by atoms with van der Waals surface area (Å²) in [4.78, 5) is 25.5. The molecule has 5 nitrogen and oxygen atoms in total. The number of pyridine rings is 1. The average molecular weight is 295 g/mol. The summed E-state index contributed by atoms with van der Waals surface area (Å²) in [6.07, 6.45) is 2.24. The minimum Gasteiger partial charge on any atom is -0.481 e. The molecule has 0 radical (unpaired) electrons. The maximum absolute atomic E-state index is 11.1. The molecule has 1 aromatic heterocycles. The van der Waals surface area contributed by atoms with Gasteiger partial charge in [0.25, 0.3) is 0 Å². The minimum atomic E-state index is -0.958. The predicted molar refractivity (Wildman–Crippen MR) is 72.3 cm³/mol. The molecule has 1 aromatic rings. The van der Waals surface area contributed by atoms with Gasteiger partial charge in [0, 0.05) is 31.3 Å². The van der Waals surface area contributed by atoms with Gasteiger partial charge in [-0.3, -0.25) is 14.6 Å². The molecule has 0 saturated heterocycles. The first-order chi connectivity index (χ1) is 7.68. The zero-order valence-electron chi connectivity index (χ0n) is 9.67. The van der Waals surface area contributed by atoms with Crippen LogP contribution in [0.1, 0.15) is 18.5 Å². The molecule has 102 valence electrons. The van der Waals surface area contributed by atoms with Crippen molar-refractivity contribution in [2.24, 2.45) is 0 Å². The van der Waals surface area contributed by atoms with E-state index in [1.54, 1.807) is 6.20 Å². The number of amides is 1.